The molecule has 0 saturated carbocycles. The van der Waals surface area contributed by atoms with Crippen LogP contribution in [0.25, 0.3) is 5.76 Å². The van der Waals surface area contributed by atoms with Crippen LogP contribution in [0, 0.1) is 11.8 Å². The lowest BCUT2D eigenvalue weighted by molar-refractivity contribution is 0.459. The Kier molecular flexibility index (Phi) is 5.31. The molecular weight excluding hydrogens is 310 g/mol. The second kappa shape index (κ2) is 7.07. The zero-order chi connectivity index (χ0) is 17.8. The molecular formula is C21H25NOSi. The fraction of sp³-hybridized carbons (Fsp3) is 0.286. The first kappa shape index (κ1) is 18.0. The summed E-state index contributed by atoms with van der Waals surface area (Å²) in [6.45, 7) is 15.2. The minimum atomic E-state index is -1.94. The standard InChI is InChI=1S/C21H25NOSi/c1-17(23-24(5,6)21(2,3)4)19-13-10-16-22-20(19)15-14-18-11-8-7-9-12-18/h7-13,16H,1H2,2-6H3. The Morgan fingerprint density at radius 3 is 2.33 bits per heavy atom. The predicted molar refractivity (Wildman–Crippen MR) is 104 cm³/mol. The van der Waals surface area contributed by atoms with Crippen molar-refractivity contribution in [2.75, 3.05) is 0 Å². The van der Waals surface area contributed by atoms with Crippen LogP contribution in [0.5, 0.6) is 0 Å². The van der Waals surface area contributed by atoms with Gasteiger partial charge in [-0.15, -0.1) is 0 Å². The fourth-order valence-electron chi connectivity index (χ4n) is 1.90. The highest BCUT2D eigenvalue weighted by Gasteiger charge is 2.39. The molecule has 1 aromatic heterocycles. The molecule has 1 heterocycles. The van der Waals surface area contributed by atoms with E-state index < -0.39 is 8.32 Å². The normalized spacial score (nSPS) is 11.4. The lowest BCUT2D eigenvalue weighted by atomic mass is 10.1. The first-order chi connectivity index (χ1) is 11.2. The second-order valence-corrected chi connectivity index (χ2v) is 12.0. The van der Waals surface area contributed by atoms with Crippen LogP contribution in [0.2, 0.25) is 18.1 Å². The van der Waals surface area contributed by atoms with Crippen LogP contribution >= 0.6 is 0 Å². The topological polar surface area (TPSA) is 22.1 Å². The maximum absolute atomic E-state index is 6.32. The van der Waals surface area contributed by atoms with Gasteiger partial charge in [-0.1, -0.05) is 51.5 Å². The molecule has 2 nitrogen and oxygen atoms in total. The molecule has 0 aliphatic carbocycles. The SMILES string of the molecule is C=C(O[Si](C)(C)C(C)(C)C)c1cccnc1C#Cc1ccccc1. The van der Waals surface area contributed by atoms with Gasteiger partial charge in [-0.25, -0.2) is 4.98 Å². The molecule has 124 valence electrons. The van der Waals surface area contributed by atoms with Crippen molar-refractivity contribution in [3.8, 4) is 11.8 Å². The van der Waals surface area contributed by atoms with E-state index in [0.717, 1.165) is 11.1 Å². The molecule has 24 heavy (non-hydrogen) atoms. The summed E-state index contributed by atoms with van der Waals surface area (Å²) in [5, 5.41) is 0.119. The van der Waals surface area contributed by atoms with Gasteiger partial charge < -0.3 is 4.43 Å². The van der Waals surface area contributed by atoms with Gasteiger partial charge in [0.15, 0.2) is 0 Å². The molecule has 1 aromatic carbocycles. The Morgan fingerprint density at radius 2 is 1.71 bits per heavy atom. The number of nitrogens with zero attached hydrogens (tertiary/aromatic N) is 1. The van der Waals surface area contributed by atoms with Crippen molar-refractivity contribution >= 4 is 14.1 Å². The number of aromatic nitrogens is 1. The second-order valence-electron chi connectivity index (χ2n) is 7.30. The molecule has 2 aromatic rings. The van der Waals surface area contributed by atoms with Crippen LogP contribution in [0.3, 0.4) is 0 Å². The summed E-state index contributed by atoms with van der Waals surface area (Å²) in [6.07, 6.45) is 1.75. The molecule has 0 atom stereocenters. The van der Waals surface area contributed by atoms with Crippen LogP contribution in [0.15, 0.2) is 55.2 Å². The highest BCUT2D eigenvalue weighted by Crippen LogP contribution is 2.39. The van der Waals surface area contributed by atoms with Gasteiger partial charge in [0.1, 0.15) is 11.5 Å². The summed E-state index contributed by atoms with van der Waals surface area (Å²) in [5.41, 5.74) is 2.53. The Hall–Kier alpha value is -2.31. The van der Waals surface area contributed by atoms with Gasteiger partial charge in [0.2, 0.25) is 8.32 Å². The summed E-state index contributed by atoms with van der Waals surface area (Å²) in [6, 6.07) is 13.8. The van der Waals surface area contributed by atoms with Gasteiger partial charge in [-0.3, -0.25) is 0 Å². The Labute approximate surface area is 146 Å². The van der Waals surface area contributed by atoms with Crippen molar-refractivity contribution in [1.82, 2.24) is 4.98 Å². The molecule has 0 spiro atoms. The predicted octanol–water partition coefficient (Wildman–Crippen LogP) is 5.47. The van der Waals surface area contributed by atoms with Crippen molar-refractivity contribution in [2.24, 2.45) is 0 Å². The van der Waals surface area contributed by atoms with Gasteiger partial charge >= 0.3 is 0 Å². The number of benzene rings is 1. The van der Waals surface area contributed by atoms with Gasteiger partial charge in [0, 0.05) is 17.3 Å². The first-order valence-electron chi connectivity index (χ1n) is 8.11. The average molecular weight is 336 g/mol. The molecule has 3 heteroatoms. The van der Waals surface area contributed by atoms with Crippen molar-refractivity contribution in [1.29, 1.82) is 0 Å². The van der Waals surface area contributed by atoms with Gasteiger partial charge in [-0.2, -0.15) is 0 Å². The van der Waals surface area contributed by atoms with Crippen molar-refractivity contribution in [3.63, 3.8) is 0 Å². The van der Waals surface area contributed by atoms with Gasteiger partial charge in [0.25, 0.3) is 0 Å². The maximum Gasteiger partial charge on any atom is 0.250 e. The molecule has 0 aliphatic rings. The molecule has 0 saturated heterocycles. The fourth-order valence-corrected chi connectivity index (χ4v) is 2.93. The number of hydrogen-bond donors (Lipinski definition) is 0. The monoisotopic (exact) mass is 335 g/mol. The van der Waals surface area contributed by atoms with E-state index in [-0.39, 0.29) is 5.04 Å². The lowest BCUT2D eigenvalue weighted by Gasteiger charge is -2.37. The zero-order valence-corrected chi connectivity index (χ0v) is 16.2. The third-order valence-electron chi connectivity index (χ3n) is 4.39. The molecule has 2 rings (SSSR count). The summed E-state index contributed by atoms with van der Waals surface area (Å²) in [7, 11) is -1.94. The minimum Gasteiger partial charge on any atom is -0.543 e. The van der Waals surface area contributed by atoms with E-state index in [4.69, 9.17) is 4.43 Å². The van der Waals surface area contributed by atoms with E-state index in [2.05, 4.69) is 57.3 Å². The Bertz CT molecular complexity index is 777. The number of rotatable bonds is 3. The Morgan fingerprint density at radius 1 is 1.04 bits per heavy atom. The van der Waals surface area contributed by atoms with Crippen LogP contribution in [0.1, 0.15) is 37.6 Å². The summed E-state index contributed by atoms with van der Waals surface area (Å²) in [4.78, 5) is 4.41. The van der Waals surface area contributed by atoms with E-state index in [1.807, 2.05) is 42.5 Å². The van der Waals surface area contributed by atoms with Crippen LogP contribution in [-0.2, 0) is 4.43 Å². The summed E-state index contributed by atoms with van der Waals surface area (Å²) < 4.78 is 6.32. The molecule has 0 unspecified atom stereocenters. The molecule has 0 radical (unpaired) electrons. The average Bonchev–Trinajstić information content (AvgIpc) is 2.52. The highest BCUT2D eigenvalue weighted by molar-refractivity contribution is 6.74. The van der Waals surface area contributed by atoms with E-state index in [9.17, 15) is 0 Å². The third kappa shape index (κ3) is 4.36. The van der Waals surface area contributed by atoms with E-state index in [1.165, 1.54) is 0 Å². The van der Waals surface area contributed by atoms with Crippen LogP contribution in [-0.4, -0.2) is 13.3 Å². The largest absolute Gasteiger partial charge is 0.543 e. The minimum absolute atomic E-state index is 0.119. The van der Waals surface area contributed by atoms with Crippen LogP contribution in [0.4, 0.5) is 0 Å². The number of hydrogen-bond acceptors (Lipinski definition) is 2. The molecule has 0 aliphatic heterocycles. The van der Waals surface area contributed by atoms with Crippen molar-refractivity contribution in [2.45, 2.75) is 38.9 Å². The van der Waals surface area contributed by atoms with Crippen molar-refractivity contribution < 1.29 is 4.43 Å². The quantitative estimate of drug-likeness (QED) is 0.421. The van der Waals surface area contributed by atoms with Gasteiger partial charge in [-0.05, 0) is 48.3 Å². The smallest absolute Gasteiger partial charge is 0.250 e. The molecule has 0 amide bonds. The first-order valence-corrected chi connectivity index (χ1v) is 11.0. The number of pyridine rings is 1. The molecule has 0 fully saturated rings. The van der Waals surface area contributed by atoms with E-state index in [0.29, 0.717) is 11.5 Å². The van der Waals surface area contributed by atoms with Crippen LogP contribution < -0.4 is 0 Å². The summed E-state index contributed by atoms with van der Waals surface area (Å²) >= 11 is 0. The third-order valence-corrected chi connectivity index (χ3v) is 8.76. The zero-order valence-electron chi connectivity index (χ0n) is 15.2. The lowest BCUT2D eigenvalue weighted by Crippen LogP contribution is -2.40. The van der Waals surface area contributed by atoms with E-state index >= 15 is 0 Å². The maximum atomic E-state index is 6.32. The van der Waals surface area contributed by atoms with Gasteiger partial charge in [0.05, 0.1) is 0 Å². The Balaban J connectivity index is 2.30. The van der Waals surface area contributed by atoms with Crippen molar-refractivity contribution in [3.05, 3.63) is 72.1 Å². The summed E-state index contributed by atoms with van der Waals surface area (Å²) in [5.74, 6) is 6.96. The molecule has 0 N–H and O–H groups in total. The molecule has 0 bridgehead atoms. The highest BCUT2D eigenvalue weighted by atomic mass is 28.4. The van der Waals surface area contributed by atoms with E-state index in [1.54, 1.807) is 6.20 Å².